The summed E-state index contributed by atoms with van der Waals surface area (Å²) in [7, 11) is 1.77. The van der Waals surface area contributed by atoms with Gasteiger partial charge >= 0.3 is 5.97 Å². The highest BCUT2D eigenvalue weighted by Crippen LogP contribution is 2.19. The topological polar surface area (TPSA) is 54.6 Å². The molecular formula is C11H16N2O2S. The van der Waals surface area contributed by atoms with E-state index >= 15 is 0 Å². The molecule has 0 amide bonds. The van der Waals surface area contributed by atoms with Crippen molar-refractivity contribution in [1.82, 2.24) is 4.57 Å². The molecule has 0 atom stereocenters. The maximum absolute atomic E-state index is 10.9. The molecule has 88 valence electrons. The number of carboxylic acid groups (broad SMARTS) is 1. The normalized spacial score (nSPS) is 18.9. The highest BCUT2D eigenvalue weighted by Gasteiger charge is 2.13. The van der Waals surface area contributed by atoms with Crippen LogP contribution in [0.3, 0.4) is 0 Å². The lowest BCUT2D eigenvalue weighted by Crippen LogP contribution is -2.20. The fourth-order valence-electron chi connectivity index (χ4n) is 2.05. The van der Waals surface area contributed by atoms with E-state index in [0.29, 0.717) is 11.7 Å². The summed E-state index contributed by atoms with van der Waals surface area (Å²) in [6.07, 6.45) is 6.08. The van der Waals surface area contributed by atoms with Crippen LogP contribution in [0, 0.1) is 0 Å². The van der Waals surface area contributed by atoms with E-state index in [9.17, 15) is 4.79 Å². The van der Waals surface area contributed by atoms with Crippen molar-refractivity contribution < 1.29 is 9.90 Å². The summed E-state index contributed by atoms with van der Waals surface area (Å²) >= 11 is 1.41. The number of carbonyl (C=O) groups is 1. The fourth-order valence-corrected chi connectivity index (χ4v) is 2.99. The van der Waals surface area contributed by atoms with Gasteiger partial charge in [-0.2, -0.15) is 0 Å². The number of nitrogens with zero attached hydrogens (tertiary/aromatic N) is 2. The smallest absolute Gasteiger partial charge is 0.353 e. The van der Waals surface area contributed by atoms with Gasteiger partial charge in [-0.3, -0.25) is 4.99 Å². The van der Waals surface area contributed by atoms with Crippen molar-refractivity contribution in [2.45, 2.75) is 38.1 Å². The van der Waals surface area contributed by atoms with Crippen LogP contribution < -0.4 is 4.80 Å². The van der Waals surface area contributed by atoms with Crippen molar-refractivity contribution in [3.8, 4) is 0 Å². The fraction of sp³-hybridized carbons (Fsp3) is 0.636. The van der Waals surface area contributed by atoms with E-state index in [1.54, 1.807) is 17.0 Å². The maximum Gasteiger partial charge on any atom is 0.353 e. The van der Waals surface area contributed by atoms with Crippen molar-refractivity contribution in [3.63, 3.8) is 0 Å². The summed E-state index contributed by atoms with van der Waals surface area (Å²) in [4.78, 5) is 16.3. The van der Waals surface area contributed by atoms with Crippen LogP contribution >= 0.6 is 11.3 Å². The van der Waals surface area contributed by atoms with Crippen LogP contribution in [0.25, 0.3) is 0 Å². The van der Waals surface area contributed by atoms with Crippen LogP contribution in [0.5, 0.6) is 0 Å². The first kappa shape index (κ1) is 11.4. The zero-order valence-corrected chi connectivity index (χ0v) is 10.2. The molecule has 4 nitrogen and oxygen atoms in total. The van der Waals surface area contributed by atoms with Crippen LogP contribution in [-0.2, 0) is 7.05 Å². The molecule has 1 aromatic rings. The quantitative estimate of drug-likeness (QED) is 0.859. The predicted octanol–water partition coefficient (Wildman–Crippen LogP) is 2.02. The SMILES string of the molecule is Cn1c(C(=O)O)csc1=NC1CCCCC1. The van der Waals surface area contributed by atoms with Crippen LogP contribution in [0.15, 0.2) is 10.4 Å². The molecule has 1 fully saturated rings. The minimum Gasteiger partial charge on any atom is -0.477 e. The molecule has 0 unspecified atom stereocenters. The summed E-state index contributed by atoms with van der Waals surface area (Å²) in [5, 5.41) is 10.6. The van der Waals surface area contributed by atoms with E-state index < -0.39 is 5.97 Å². The minimum absolute atomic E-state index is 0.319. The Bertz CT molecular complexity index is 441. The summed E-state index contributed by atoms with van der Waals surface area (Å²) in [6.45, 7) is 0. The van der Waals surface area contributed by atoms with Gasteiger partial charge in [0.2, 0.25) is 0 Å². The molecule has 1 aliphatic rings. The van der Waals surface area contributed by atoms with Crippen molar-refractivity contribution in [2.24, 2.45) is 12.0 Å². The minimum atomic E-state index is -0.885. The lowest BCUT2D eigenvalue weighted by Gasteiger charge is -2.16. The third kappa shape index (κ3) is 2.35. The molecule has 1 aliphatic carbocycles. The van der Waals surface area contributed by atoms with Gasteiger partial charge in [-0.15, -0.1) is 11.3 Å². The molecular weight excluding hydrogens is 224 g/mol. The molecule has 1 heterocycles. The van der Waals surface area contributed by atoms with E-state index in [2.05, 4.69) is 4.99 Å². The van der Waals surface area contributed by atoms with E-state index in [4.69, 9.17) is 5.11 Å². The lowest BCUT2D eigenvalue weighted by molar-refractivity contribution is 0.0686. The van der Waals surface area contributed by atoms with E-state index in [-0.39, 0.29) is 0 Å². The first-order valence-electron chi connectivity index (χ1n) is 5.60. The second-order valence-corrected chi connectivity index (χ2v) is 5.03. The highest BCUT2D eigenvalue weighted by molar-refractivity contribution is 7.07. The Morgan fingerprint density at radius 3 is 2.75 bits per heavy atom. The Morgan fingerprint density at radius 2 is 2.19 bits per heavy atom. The summed E-state index contributed by atoms with van der Waals surface area (Å²) in [5.41, 5.74) is 0.319. The maximum atomic E-state index is 10.9. The lowest BCUT2D eigenvalue weighted by atomic mass is 9.96. The average Bonchev–Trinajstić information content (AvgIpc) is 2.62. The largest absolute Gasteiger partial charge is 0.477 e. The number of aromatic carboxylic acids is 1. The van der Waals surface area contributed by atoms with E-state index in [1.807, 2.05) is 0 Å². The number of rotatable bonds is 2. The van der Waals surface area contributed by atoms with Gasteiger partial charge in [0.15, 0.2) is 4.80 Å². The Balaban J connectivity index is 2.25. The average molecular weight is 240 g/mol. The van der Waals surface area contributed by atoms with Crippen LogP contribution in [0.2, 0.25) is 0 Å². The van der Waals surface area contributed by atoms with Gasteiger partial charge in [-0.25, -0.2) is 4.79 Å². The molecule has 1 N–H and O–H groups in total. The summed E-state index contributed by atoms with van der Waals surface area (Å²) < 4.78 is 1.67. The molecule has 0 saturated heterocycles. The third-order valence-corrected chi connectivity index (χ3v) is 3.94. The predicted molar refractivity (Wildman–Crippen MR) is 62.7 cm³/mol. The number of hydrogen-bond acceptors (Lipinski definition) is 3. The van der Waals surface area contributed by atoms with Gasteiger partial charge in [0.25, 0.3) is 0 Å². The van der Waals surface area contributed by atoms with E-state index in [1.165, 1.54) is 30.6 Å². The van der Waals surface area contributed by atoms with E-state index in [0.717, 1.165) is 17.6 Å². The van der Waals surface area contributed by atoms with Crippen molar-refractivity contribution in [1.29, 1.82) is 0 Å². The first-order chi connectivity index (χ1) is 7.68. The molecule has 5 heteroatoms. The van der Waals surface area contributed by atoms with Gasteiger partial charge in [0.1, 0.15) is 5.69 Å². The van der Waals surface area contributed by atoms with Crippen molar-refractivity contribution >= 4 is 17.3 Å². The zero-order valence-electron chi connectivity index (χ0n) is 9.35. The number of thiazole rings is 1. The molecule has 0 spiro atoms. The highest BCUT2D eigenvalue weighted by atomic mass is 32.1. The van der Waals surface area contributed by atoms with Gasteiger partial charge in [0.05, 0.1) is 6.04 Å². The third-order valence-electron chi connectivity index (χ3n) is 3.01. The molecule has 1 aromatic heterocycles. The number of aromatic nitrogens is 1. The Morgan fingerprint density at radius 1 is 1.50 bits per heavy atom. The van der Waals surface area contributed by atoms with Crippen molar-refractivity contribution in [3.05, 3.63) is 15.9 Å². The van der Waals surface area contributed by atoms with Gasteiger partial charge in [-0.1, -0.05) is 19.3 Å². The van der Waals surface area contributed by atoms with Crippen molar-refractivity contribution in [2.75, 3.05) is 0 Å². The van der Waals surface area contributed by atoms with Gasteiger partial charge < -0.3 is 9.67 Å². The van der Waals surface area contributed by atoms with Gasteiger partial charge in [0, 0.05) is 12.4 Å². The first-order valence-corrected chi connectivity index (χ1v) is 6.48. The standard InChI is InChI=1S/C11H16N2O2S/c1-13-9(10(14)15)7-16-11(13)12-8-5-3-2-4-6-8/h7-8H,2-6H2,1H3,(H,14,15). The van der Waals surface area contributed by atoms with Crippen LogP contribution in [-0.4, -0.2) is 21.7 Å². The second kappa shape index (κ2) is 4.82. The Kier molecular flexibility index (Phi) is 3.43. The molecule has 0 radical (unpaired) electrons. The number of carboxylic acids is 1. The molecule has 2 rings (SSSR count). The van der Waals surface area contributed by atoms with Crippen LogP contribution in [0.1, 0.15) is 42.6 Å². The number of hydrogen-bond donors (Lipinski definition) is 1. The summed E-state index contributed by atoms with van der Waals surface area (Å²) in [5.74, 6) is -0.885. The molecule has 16 heavy (non-hydrogen) atoms. The van der Waals surface area contributed by atoms with Crippen LogP contribution in [0.4, 0.5) is 0 Å². The van der Waals surface area contributed by atoms with Gasteiger partial charge in [-0.05, 0) is 12.8 Å². The second-order valence-electron chi connectivity index (χ2n) is 4.19. The molecule has 0 aliphatic heterocycles. The molecule has 1 saturated carbocycles. The zero-order chi connectivity index (χ0) is 11.5. The molecule has 0 bridgehead atoms. The molecule has 0 aromatic carbocycles. The monoisotopic (exact) mass is 240 g/mol. The Hall–Kier alpha value is -1.10. The summed E-state index contributed by atoms with van der Waals surface area (Å²) in [6, 6.07) is 0.389. The Labute approximate surface area is 98.3 Å².